The minimum Gasteiger partial charge on any atom is -0.452 e. The molecule has 4 nitrogen and oxygen atoms in total. The molecule has 1 aromatic carbocycles. The molecule has 5 heteroatoms. The molecule has 20 heavy (non-hydrogen) atoms. The van der Waals surface area contributed by atoms with Crippen LogP contribution in [0.1, 0.15) is 22.3 Å². The quantitative estimate of drug-likeness (QED) is 0.729. The van der Waals surface area contributed by atoms with Crippen molar-refractivity contribution in [2.75, 3.05) is 13.7 Å². The van der Waals surface area contributed by atoms with Gasteiger partial charge in [-0.15, -0.1) is 0 Å². The van der Waals surface area contributed by atoms with Crippen molar-refractivity contribution in [2.24, 2.45) is 5.92 Å². The third-order valence-electron chi connectivity index (χ3n) is 4.66. The molecule has 0 N–H and O–H groups in total. The second-order valence-electron chi connectivity index (χ2n) is 5.49. The number of nitrogens with zero attached hydrogens (tertiary/aromatic N) is 1. The maximum atomic E-state index is 14.5. The first-order valence-electron chi connectivity index (χ1n) is 6.51. The number of piperidine rings is 1. The normalized spacial score (nSPS) is 29.8. The number of rotatable bonds is 0. The molecule has 0 radical (unpaired) electrons. The molecule has 1 heterocycles. The van der Waals surface area contributed by atoms with Gasteiger partial charge in [0.2, 0.25) is 5.78 Å². The zero-order valence-corrected chi connectivity index (χ0v) is 10.9. The van der Waals surface area contributed by atoms with Crippen molar-refractivity contribution in [1.29, 1.82) is 0 Å². The Morgan fingerprint density at radius 3 is 2.95 bits per heavy atom. The van der Waals surface area contributed by atoms with Crippen LogP contribution in [0.3, 0.4) is 0 Å². The Hall–Kier alpha value is -2.17. The largest absolute Gasteiger partial charge is 0.452 e. The topological polar surface area (TPSA) is 46.6 Å². The second-order valence-corrected chi connectivity index (χ2v) is 5.49. The van der Waals surface area contributed by atoms with E-state index in [2.05, 4.69) is 0 Å². The maximum Gasteiger partial charge on any atom is 0.413 e. The van der Waals surface area contributed by atoms with E-state index in [-0.39, 0.29) is 11.6 Å². The summed E-state index contributed by atoms with van der Waals surface area (Å²) < 4.78 is 19.2. The van der Waals surface area contributed by atoms with E-state index in [9.17, 15) is 14.0 Å². The van der Waals surface area contributed by atoms with Gasteiger partial charge in [-0.25, -0.2) is 9.18 Å². The van der Waals surface area contributed by atoms with E-state index in [1.54, 1.807) is 12.1 Å². The van der Waals surface area contributed by atoms with Gasteiger partial charge in [0, 0.05) is 17.5 Å². The Morgan fingerprint density at radius 2 is 2.20 bits per heavy atom. The molecule has 2 aliphatic carbocycles. The monoisotopic (exact) mass is 273 g/mol. The Morgan fingerprint density at radius 1 is 1.45 bits per heavy atom. The van der Waals surface area contributed by atoms with E-state index in [1.165, 1.54) is 12.0 Å². The van der Waals surface area contributed by atoms with Gasteiger partial charge in [0.25, 0.3) is 0 Å². The Bertz CT molecular complexity index is 696. The number of benzene rings is 1. The summed E-state index contributed by atoms with van der Waals surface area (Å²) in [5, 5.41) is 0. The highest BCUT2D eigenvalue weighted by molar-refractivity contribution is 6.11. The molecule has 2 unspecified atom stereocenters. The molecule has 1 amide bonds. The number of allylic oxidation sites excluding steroid dienone is 2. The number of hydrogen-bond donors (Lipinski definition) is 0. The summed E-state index contributed by atoms with van der Waals surface area (Å²) in [5.74, 6) is -1.27. The van der Waals surface area contributed by atoms with Crippen LogP contribution in [-0.2, 0) is 10.2 Å². The van der Waals surface area contributed by atoms with E-state index in [0.29, 0.717) is 12.1 Å². The molecule has 1 spiro atoms. The fourth-order valence-electron chi connectivity index (χ4n) is 3.74. The minimum atomic E-state index is -0.811. The number of carbonyl (C=O) groups is 2. The van der Waals surface area contributed by atoms with E-state index in [4.69, 9.17) is 4.74 Å². The number of ether oxygens (including phenoxy) is 1. The van der Waals surface area contributed by atoms with Crippen LogP contribution in [0.25, 0.3) is 0 Å². The molecular weight excluding hydrogens is 261 g/mol. The Balaban J connectivity index is 1.95. The van der Waals surface area contributed by atoms with E-state index in [1.807, 2.05) is 12.1 Å². The van der Waals surface area contributed by atoms with Gasteiger partial charge in [0.15, 0.2) is 5.83 Å². The summed E-state index contributed by atoms with van der Waals surface area (Å²) in [5.41, 5.74) is 0.974. The molecule has 1 saturated heterocycles. The summed E-state index contributed by atoms with van der Waals surface area (Å²) >= 11 is 0. The molecular formula is C15H12FNO3. The average molecular weight is 273 g/mol. The summed E-state index contributed by atoms with van der Waals surface area (Å²) in [6.45, 7) is 0.414. The number of methoxy groups -OCH3 is 1. The first kappa shape index (κ1) is 11.6. The van der Waals surface area contributed by atoms with Crippen LogP contribution in [-0.4, -0.2) is 30.4 Å². The van der Waals surface area contributed by atoms with Crippen molar-refractivity contribution < 1.29 is 18.7 Å². The minimum absolute atomic E-state index is 0.177. The van der Waals surface area contributed by atoms with Crippen LogP contribution in [0.4, 0.5) is 9.18 Å². The number of hydrogen-bond acceptors (Lipinski definition) is 3. The Labute approximate surface area is 114 Å². The first-order chi connectivity index (χ1) is 9.61. The molecule has 4 rings (SSSR count). The summed E-state index contributed by atoms with van der Waals surface area (Å²) in [6.07, 6.45) is 0.182. The number of carbonyl (C=O) groups excluding carboxylic acids is 2. The zero-order chi connectivity index (χ0) is 14.1. The molecule has 1 saturated carbocycles. The maximum absolute atomic E-state index is 14.5. The van der Waals surface area contributed by atoms with Gasteiger partial charge >= 0.3 is 6.09 Å². The van der Waals surface area contributed by atoms with Gasteiger partial charge in [-0.05, 0) is 17.9 Å². The SMILES string of the molecule is COC(=O)N1CC2CC23C1=C(F)C(=O)c1ccccc13. The highest BCUT2D eigenvalue weighted by Gasteiger charge is 2.69. The van der Waals surface area contributed by atoms with Gasteiger partial charge < -0.3 is 4.74 Å². The second kappa shape index (κ2) is 3.48. The molecule has 102 valence electrons. The van der Waals surface area contributed by atoms with Gasteiger partial charge in [0.1, 0.15) is 0 Å². The smallest absolute Gasteiger partial charge is 0.413 e. The van der Waals surface area contributed by atoms with Crippen molar-refractivity contribution >= 4 is 11.9 Å². The predicted molar refractivity (Wildman–Crippen MR) is 67.8 cm³/mol. The average Bonchev–Trinajstić information content (AvgIpc) is 3.09. The number of Topliss-reactive ketones (excluding diaryl/α,β-unsaturated/α-hetero) is 1. The van der Waals surface area contributed by atoms with Crippen LogP contribution in [0.2, 0.25) is 0 Å². The predicted octanol–water partition coefficient (Wildman–Crippen LogP) is 2.40. The summed E-state index contributed by atoms with van der Waals surface area (Å²) in [4.78, 5) is 25.2. The third-order valence-corrected chi connectivity index (χ3v) is 4.66. The lowest BCUT2D eigenvalue weighted by Crippen LogP contribution is -2.35. The number of halogens is 1. The number of amides is 1. The van der Waals surface area contributed by atoms with Crippen LogP contribution in [0.5, 0.6) is 0 Å². The molecule has 1 aromatic rings. The fourth-order valence-corrected chi connectivity index (χ4v) is 3.74. The van der Waals surface area contributed by atoms with E-state index >= 15 is 0 Å². The molecule has 2 fully saturated rings. The van der Waals surface area contributed by atoms with Gasteiger partial charge in [0.05, 0.1) is 12.8 Å². The zero-order valence-electron chi connectivity index (χ0n) is 10.9. The third kappa shape index (κ3) is 1.12. The standard InChI is InChI=1S/C15H12FNO3/c1-20-14(19)17-7-8-6-15(8)10-5-3-2-4-9(10)12(18)11(16)13(15)17/h2-5,8H,6-7H2,1H3. The molecule has 0 aromatic heterocycles. The van der Waals surface area contributed by atoms with Crippen molar-refractivity contribution in [3.8, 4) is 0 Å². The van der Waals surface area contributed by atoms with Crippen molar-refractivity contribution in [2.45, 2.75) is 11.8 Å². The van der Waals surface area contributed by atoms with Crippen LogP contribution < -0.4 is 0 Å². The highest BCUT2D eigenvalue weighted by Crippen LogP contribution is 2.67. The fraction of sp³-hybridized carbons (Fsp3) is 0.333. The van der Waals surface area contributed by atoms with Crippen LogP contribution in [0, 0.1) is 5.92 Å². The van der Waals surface area contributed by atoms with Crippen molar-refractivity contribution in [3.63, 3.8) is 0 Å². The lowest BCUT2D eigenvalue weighted by molar-refractivity contribution is 0.0987. The van der Waals surface area contributed by atoms with Gasteiger partial charge in [-0.2, -0.15) is 0 Å². The van der Waals surface area contributed by atoms with Crippen molar-refractivity contribution in [3.05, 3.63) is 46.9 Å². The van der Waals surface area contributed by atoms with Crippen LogP contribution in [0.15, 0.2) is 35.8 Å². The van der Waals surface area contributed by atoms with Gasteiger partial charge in [-0.1, -0.05) is 24.3 Å². The Kier molecular flexibility index (Phi) is 2.02. The van der Waals surface area contributed by atoms with Gasteiger partial charge in [-0.3, -0.25) is 9.69 Å². The molecule has 0 bridgehead atoms. The van der Waals surface area contributed by atoms with Crippen LogP contribution >= 0.6 is 0 Å². The first-order valence-corrected chi connectivity index (χ1v) is 6.51. The number of fused-ring (bicyclic) bond motifs is 1. The molecule has 3 aliphatic rings. The van der Waals surface area contributed by atoms with E-state index in [0.717, 1.165) is 12.0 Å². The highest BCUT2D eigenvalue weighted by atomic mass is 19.1. The lowest BCUT2D eigenvalue weighted by Gasteiger charge is -2.29. The summed E-state index contributed by atoms with van der Waals surface area (Å²) in [7, 11) is 1.26. The number of likely N-dealkylation sites (tertiary alicyclic amines) is 1. The number of ketones is 1. The summed E-state index contributed by atoms with van der Waals surface area (Å²) in [6, 6.07) is 7.09. The molecule has 2 atom stereocenters. The lowest BCUT2D eigenvalue weighted by atomic mass is 9.81. The molecule has 1 aliphatic heterocycles. The van der Waals surface area contributed by atoms with E-state index < -0.39 is 23.1 Å². The van der Waals surface area contributed by atoms with Crippen molar-refractivity contribution in [1.82, 2.24) is 4.90 Å².